The molecule has 0 spiro atoms. The first-order valence-corrected chi connectivity index (χ1v) is 7.80. The lowest BCUT2D eigenvalue weighted by Gasteiger charge is -2.26. The van der Waals surface area contributed by atoms with E-state index in [0.717, 1.165) is 18.7 Å². The number of thioether (sulfide) groups is 1. The number of rotatable bonds is 7. The number of benzene rings is 1. The van der Waals surface area contributed by atoms with Crippen molar-refractivity contribution < 1.29 is 4.79 Å². The van der Waals surface area contributed by atoms with E-state index in [2.05, 4.69) is 30.6 Å². The molecule has 0 aliphatic rings. The number of carbonyl (C=O) groups excluding carboxylic acids is 1. The van der Waals surface area contributed by atoms with E-state index in [1.807, 2.05) is 23.9 Å². The Morgan fingerprint density at radius 2 is 2.05 bits per heavy atom. The average molecular weight is 281 g/mol. The van der Waals surface area contributed by atoms with Crippen LogP contribution in [0.1, 0.15) is 29.3 Å². The van der Waals surface area contributed by atoms with Crippen molar-refractivity contribution in [3.63, 3.8) is 0 Å². The molecule has 3 N–H and O–H groups in total. The molecule has 1 amide bonds. The Morgan fingerprint density at radius 1 is 1.42 bits per heavy atom. The van der Waals surface area contributed by atoms with E-state index in [9.17, 15) is 4.79 Å². The van der Waals surface area contributed by atoms with Crippen LogP contribution in [0.2, 0.25) is 0 Å². The third-order valence-corrected chi connectivity index (χ3v) is 3.95. The number of nitrogen functional groups attached to an aromatic ring is 1. The quantitative estimate of drug-likeness (QED) is 0.455. The van der Waals surface area contributed by atoms with Gasteiger partial charge in [0.15, 0.2) is 0 Å². The van der Waals surface area contributed by atoms with Crippen molar-refractivity contribution in [1.82, 2.24) is 10.3 Å². The van der Waals surface area contributed by atoms with E-state index >= 15 is 0 Å². The van der Waals surface area contributed by atoms with Crippen LogP contribution in [-0.4, -0.2) is 35.9 Å². The van der Waals surface area contributed by atoms with Crippen molar-refractivity contribution in [2.75, 3.05) is 19.1 Å². The normalized spacial score (nSPS) is 12.5. The van der Waals surface area contributed by atoms with Crippen molar-refractivity contribution in [2.24, 2.45) is 5.84 Å². The molecule has 19 heavy (non-hydrogen) atoms. The van der Waals surface area contributed by atoms with Crippen LogP contribution >= 0.6 is 11.8 Å². The predicted molar refractivity (Wildman–Crippen MR) is 82.0 cm³/mol. The minimum absolute atomic E-state index is 0.256. The van der Waals surface area contributed by atoms with Crippen LogP contribution in [0, 0.1) is 0 Å². The summed E-state index contributed by atoms with van der Waals surface area (Å²) in [6.07, 6.45) is 3.28. The molecule has 1 rings (SSSR count). The Hall–Kier alpha value is -1.04. The first-order chi connectivity index (χ1) is 9.12. The Morgan fingerprint density at radius 3 is 2.53 bits per heavy atom. The molecular weight excluding hydrogens is 258 g/mol. The Kier molecular flexibility index (Phi) is 6.91. The van der Waals surface area contributed by atoms with E-state index in [1.54, 1.807) is 12.1 Å². The fraction of sp³-hybridized carbons (Fsp3) is 0.500. The van der Waals surface area contributed by atoms with Crippen molar-refractivity contribution in [1.29, 1.82) is 0 Å². The lowest BCUT2D eigenvalue weighted by atomic mass is 10.1. The molecule has 0 aromatic heterocycles. The summed E-state index contributed by atoms with van der Waals surface area (Å²) in [5, 5.41) is 0. The molecule has 0 fully saturated rings. The molecule has 0 bridgehead atoms. The van der Waals surface area contributed by atoms with E-state index in [-0.39, 0.29) is 5.91 Å². The van der Waals surface area contributed by atoms with Crippen LogP contribution < -0.4 is 11.3 Å². The molecule has 0 heterocycles. The van der Waals surface area contributed by atoms with Gasteiger partial charge in [0.2, 0.25) is 0 Å². The fourth-order valence-electron chi connectivity index (χ4n) is 2.01. The molecule has 0 saturated heterocycles. The first-order valence-electron chi connectivity index (χ1n) is 6.41. The summed E-state index contributed by atoms with van der Waals surface area (Å²) < 4.78 is 0. The molecule has 0 radical (unpaired) electrons. The molecule has 4 nitrogen and oxygen atoms in total. The van der Waals surface area contributed by atoms with Gasteiger partial charge in [0, 0.05) is 23.9 Å². The Labute approximate surface area is 119 Å². The van der Waals surface area contributed by atoms with Crippen LogP contribution in [0.4, 0.5) is 0 Å². The highest BCUT2D eigenvalue weighted by Crippen LogP contribution is 2.13. The van der Waals surface area contributed by atoms with Gasteiger partial charge in [-0.2, -0.15) is 11.8 Å². The van der Waals surface area contributed by atoms with Gasteiger partial charge in [-0.3, -0.25) is 15.1 Å². The van der Waals surface area contributed by atoms with Crippen LogP contribution in [0.15, 0.2) is 24.3 Å². The van der Waals surface area contributed by atoms with Crippen LogP contribution in [0.25, 0.3) is 0 Å². The second-order valence-corrected chi connectivity index (χ2v) is 5.51. The molecule has 0 aliphatic carbocycles. The maximum absolute atomic E-state index is 11.3. The maximum Gasteiger partial charge on any atom is 0.265 e. The number of hydrogen-bond donors (Lipinski definition) is 2. The number of nitrogens with two attached hydrogens (primary N) is 1. The minimum Gasteiger partial charge on any atom is -0.298 e. The highest BCUT2D eigenvalue weighted by molar-refractivity contribution is 7.98. The van der Waals surface area contributed by atoms with Crippen LogP contribution in [-0.2, 0) is 6.54 Å². The third kappa shape index (κ3) is 4.86. The van der Waals surface area contributed by atoms with Crippen molar-refractivity contribution in [3.8, 4) is 0 Å². The first kappa shape index (κ1) is 16.0. The molecular formula is C14H23N3OS. The monoisotopic (exact) mass is 281 g/mol. The van der Waals surface area contributed by atoms with Crippen molar-refractivity contribution >= 4 is 17.7 Å². The number of hydrogen-bond acceptors (Lipinski definition) is 4. The largest absolute Gasteiger partial charge is 0.298 e. The van der Waals surface area contributed by atoms with Crippen LogP contribution in [0.5, 0.6) is 0 Å². The predicted octanol–water partition coefficient (Wildman–Crippen LogP) is 1.86. The Balaban J connectivity index is 2.64. The molecule has 1 aromatic carbocycles. The van der Waals surface area contributed by atoms with E-state index < -0.39 is 0 Å². The molecule has 1 atom stereocenters. The summed E-state index contributed by atoms with van der Waals surface area (Å²) in [6, 6.07) is 8.16. The highest BCUT2D eigenvalue weighted by Gasteiger charge is 2.12. The van der Waals surface area contributed by atoms with Gasteiger partial charge < -0.3 is 0 Å². The highest BCUT2D eigenvalue weighted by atomic mass is 32.2. The second kappa shape index (κ2) is 8.19. The number of hydrazine groups is 1. The average Bonchev–Trinajstić information content (AvgIpc) is 2.44. The SMILES string of the molecule is CCC(CSC)N(C)Cc1ccc(C(=O)NN)cc1. The van der Waals surface area contributed by atoms with Gasteiger partial charge in [-0.25, -0.2) is 5.84 Å². The number of nitrogens with one attached hydrogen (secondary N) is 1. The van der Waals surface area contributed by atoms with Crippen molar-refractivity contribution in [3.05, 3.63) is 35.4 Å². The van der Waals surface area contributed by atoms with Crippen molar-refractivity contribution in [2.45, 2.75) is 25.9 Å². The smallest absolute Gasteiger partial charge is 0.265 e. The summed E-state index contributed by atoms with van der Waals surface area (Å²) in [6.45, 7) is 3.11. The molecule has 1 unspecified atom stereocenters. The van der Waals surface area contributed by atoms with Gasteiger partial charge in [0.05, 0.1) is 0 Å². The molecule has 1 aromatic rings. The summed E-state index contributed by atoms with van der Waals surface area (Å²) in [7, 11) is 2.14. The van der Waals surface area contributed by atoms with Gasteiger partial charge >= 0.3 is 0 Å². The Bertz CT molecular complexity index is 394. The molecule has 5 heteroatoms. The number of amides is 1. The lowest BCUT2D eigenvalue weighted by Crippen LogP contribution is -2.32. The summed E-state index contributed by atoms with van der Waals surface area (Å²) in [4.78, 5) is 13.7. The third-order valence-electron chi connectivity index (χ3n) is 3.23. The number of nitrogens with zero attached hydrogens (tertiary/aromatic N) is 1. The molecule has 0 aliphatic heterocycles. The fourth-order valence-corrected chi connectivity index (χ4v) is 2.89. The van der Waals surface area contributed by atoms with Gasteiger partial charge in [0.1, 0.15) is 0 Å². The summed E-state index contributed by atoms with van der Waals surface area (Å²) in [5.41, 5.74) is 3.93. The summed E-state index contributed by atoms with van der Waals surface area (Å²) in [5.74, 6) is 5.99. The van der Waals surface area contributed by atoms with Gasteiger partial charge in [0.25, 0.3) is 5.91 Å². The van der Waals surface area contributed by atoms with Gasteiger partial charge in [-0.05, 0) is 37.4 Å². The second-order valence-electron chi connectivity index (χ2n) is 4.60. The van der Waals surface area contributed by atoms with Crippen LogP contribution in [0.3, 0.4) is 0 Å². The minimum atomic E-state index is -0.256. The van der Waals surface area contributed by atoms with Gasteiger partial charge in [-0.15, -0.1) is 0 Å². The maximum atomic E-state index is 11.3. The zero-order valence-electron chi connectivity index (χ0n) is 11.8. The van der Waals surface area contributed by atoms with E-state index in [0.29, 0.717) is 11.6 Å². The number of carbonyl (C=O) groups is 1. The summed E-state index contributed by atoms with van der Waals surface area (Å²) >= 11 is 1.87. The molecule has 106 valence electrons. The zero-order valence-corrected chi connectivity index (χ0v) is 12.7. The topological polar surface area (TPSA) is 58.4 Å². The van der Waals surface area contributed by atoms with E-state index in [1.165, 1.54) is 5.56 Å². The standard InChI is InChI=1S/C14H23N3OS/c1-4-13(10-19-3)17(2)9-11-5-7-12(8-6-11)14(18)16-15/h5-8,13H,4,9-10,15H2,1-3H3,(H,16,18). The van der Waals surface area contributed by atoms with E-state index in [4.69, 9.17) is 5.84 Å². The van der Waals surface area contributed by atoms with Gasteiger partial charge in [-0.1, -0.05) is 19.1 Å². The lowest BCUT2D eigenvalue weighted by molar-refractivity contribution is 0.0953. The molecule has 0 saturated carbocycles. The zero-order chi connectivity index (χ0) is 14.3.